The number of benzene rings is 1. The number of carbonyl (C=O) groups excluding carboxylic acids is 1. The summed E-state index contributed by atoms with van der Waals surface area (Å²) >= 11 is 0. The van der Waals surface area contributed by atoms with Gasteiger partial charge in [0.1, 0.15) is 24.2 Å². The first-order valence-electron chi connectivity index (χ1n) is 10.7. The molecule has 170 valence electrons. The lowest BCUT2D eigenvalue weighted by atomic mass is 10.0. The number of nitrogen functional groups attached to an aromatic ring is 1. The molecule has 8 nitrogen and oxygen atoms in total. The second-order valence-electron chi connectivity index (χ2n) is 7.53. The van der Waals surface area contributed by atoms with Gasteiger partial charge in [0.25, 0.3) is 0 Å². The summed E-state index contributed by atoms with van der Waals surface area (Å²) in [7, 11) is 3.55. The summed E-state index contributed by atoms with van der Waals surface area (Å²) in [6.07, 6.45) is 3.37. The molecular weight excluding hydrogens is 446 g/mol. The van der Waals surface area contributed by atoms with Gasteiger partial charge in [0, 0.05) is 17.4 Å². The first-order valence-corrected chi connectivity index (χ1v) is 13.1. The van der Waals surface area contributed by atoms with Crippen LogP contribution < -0.4 is 5.73 Å². The van der Waals surface area contributed by atoms with Gasteiger partial charge >= 0.3 is 5.97 Å². The van der Waals surface area contributed by atoms with E-state index in [1.54, 1.807) is 27.9 Å². The third-order valence-electron chi connectivity index (χ3n) is 5.49. The van der Waals surface area contributed by atoms with Crippen molar-refractivity contribution in [3.63, 3.8) is 0 Å². The van der Waals surface area contributed by atoms with Crippen LogP contribution in [0.1, 0.15) is 61.0 Å². The van der Waals surface area contributed by atoms with Gasteiger partial charge in [-0.05, 0) is 25.0 Å². The largest absolute Gasteiger partial charge is 0.456 e. The Bertz CT molecular complexity index is 1090. The van der Waals surface area contributed by atoms with Gasteiger partial charge in [-0.25, -0.2) is 19.7 Å². The van der Waals surface area contributed by atoms with Gasteiger partial charge in [-0.15, -0.1) is 0 Å². The quantitative estimate of drug-likeness (QED) is 0.365. The van der Waals surface area contributed by atoms with Gasteiger partial charge in [-0.1, -0.05) is 53.6 Å². The minimum atomic E-state index is -0.366. The predicted octanol–water partition coefficient (Wildman–Crippen LogP) is 4.79. The molecule has 0 bridgehead atoms. The van der Waals surface area contributed by atoms with Crippen LogP contribution in [-0.4, -0.2) is 43.4 Å². The van der Waals surface area contributed by atoms with Crippen LogP contribution in [0, 0.1) is 0 Å². The lowest BCUT2D eigenvalue weighted by molar-refractivity contribution is -0.0285. The summed E-state index contributed by atoms with van der Waals surface area (Å²) in [5.41, 5.74) is 8.64. The van der Waals surface area contributed by atoms with Crippen LogP contribution in [0.25, 0.3) is 11.2 Å². The molecule has 4 atom stereocenters. The molecular formula is C22H27N5O3S2. The van der Waals surface area contributed by atoms with Crippen molar-refractivity contribution in [1.29, 1.82) is 0 Å². The van der Waals surface area contributed by atoms with E-state index in [2.05, 4.69) is 28.8 Å². The minimum absolute atomic E-state index is 0.181. The zero-order valence-electron chi connectivity index (χ0n) is 18.3. The van der Waals surface area contributed by atoms with Gasteiger partial charge in [0.05, 0.1) is 18.0 Å². The maximum atomic E-state index is 13.2. The zero-order chi connectivity index (χ0) is 22.7. The van der Waals surface area contributed by atoms with Gasteiger partial charge in [-0.2, -0.15) is 0 Å². The molecule has 2 unspecified atom stereocenters. The number of hydrogen-bond acceptors (Lipinski definition) is 9. The maximum Gasteiger partial charge on any atom is 0.338 e. The molecule has 0 spiro atoms. The summed E-state index contributed by atoms with van der Waals surface area (Å²) in [5.74, 6) is 1.02. The summed E-state index contributed by atoms with van der Waals surface area (Å²) in [6, 6.07) is 7.67. The molecule has 10 heteroatoms. The second kappa shape index (κ2) is 10.1. The summed E-state index contributed by atoms with van der Waals surface area (Å²) in [6.45, 7) is 6.26. The number of nitrogens with two attached hydrogens (primary N) is 1. The Balaban J connectivity index is 1.52. The van der Waals surface area contributed by atoms with Crippen molar-refractivity contribution in [2.24, 2.45) is 0 Å². The minimum Gasteiger partial charge on any atom is -0.456 e. The fraction of sp³-hybridized carbons (Fsp3) is 0.455. The van der Waals surface area contributed by atoms with Crippen LogP contribution in [-0.2, 0) is 9.47 Å². The van der Waals surface area contributed by atoms with E-state index in [-0.39, 0.29) is 29.7 Å². The highest BCUT2D eigenvalue weighted by Crippen LogP contribution is 2.39. The Hall–Kier alpha value is -2.30. The lowest BCUT2D eigenvalue weighted by Crippen LogP contribution is -2.27. The number of hydrogen-bond donors (Lipinski definition) is 1. The maximum absolute atomic E-state index is 13.2. The molecule has 1 fully saturated rings. The number of aromatic nitrogens is 4. The molecule has 1 aliphatic rings. The van der Waals surface area contributed by atoms with E-state index in [0.717, 1.165) is 17.7 Å². The van der Waals surface area contributed by atoms with Gasteiger partial charge in [0.15, 0.2) is 11.5 Å². The highest BCUT2D eigenvalue weighted by molar-refractivity contribution is 8.76. The Morgan fingerprint density at radius 2 is 2.12 bits per heavy atom. The average molecular weight is 474 g/mol. The van der Waals surface area contributed by atoms with Crippen molar-refractivity contribution in [2.45, 2.75) is 57.3 Å². The summed E-state index contributed by atoms with van der Waals surface area (Å²) in [4.78, 5) is 25.8. The van der Waals surface area contributed by atoms with E-state index in [9.17, 15) is 4.79 Å². The summed E-state index contributed by atoms with van der Waals surface area (Å²) in [5, 5.41) is 0.181. The number of anilines is 1. The number of carbonyl (C=O) groups is 1. The lowest BCUT2D eigenvalue weighted by Gasteiger charge is -2.19. The zero-order valence-corrected chi connectivity index (χ0v) is 19.9. The number of nitrogens with zero attached hydrogens (tertiary/aromatic N) is 4. The standard InChI is InChI=1S/C22H27N5O3S2/c1-4-16-17(10-18(29-16)27-12-26-19-20(23)24-11-25-21(19)27)30-22(28)15-9-7-6-8-14(15)13(3)32-31-5-2/h6-9,11-13,16-18H,4-5,10H2,1-3H3,(H2,23,24,25)/t13?,16-,17?,18-/m1/s1. The number of imidazole rings is 1. The highest BCUT2D eigenvalue weighted by Gasteiger charge is 2.39. The molecule has 32 heavy (non-hydrogen) atoms. The molecule has 1 saturated heterocycles. The average Bonchev–Trinajstić information content (AvgIpc) is 3.42. The van der Waals surface area contributed by atoms with Crippen LogP contribution >= 0.6 is 21.6 Å². The molecule has 4 rings (SSSR count). The number of rotatable bonds is 8. The van der Waals surface area contributed by atoms with Crippen molar-refractivity contribution >= 4 is 44.5 Å². The van der Waals surface area contributed by atoms with Gasteiger partial charge < -0.3 is 15.2 Å². The first kappa shape index (κ1) is 22.9. The van der Waals surface area contributed by atoms with Gasteiger partial charge in [-0.3, -0.25) is 4.57 Å². The smallest absolute Gasteiger partial charge is 0.338 e. The molecule has 0 aliphatic carbocycles. The first-order chi connectivity index (χ1) is 15.5. The molecule has 2 aromatic heterocycles. The molecule has 0 amide bonds. The van der Waals surface area contributed by atoms with Crippen LogP contribution in [0.15, 0.2) is 36.9 Å². The fourth-order valence-electron chi connectivity index (χ4n) is 3.90. The van der Waals surface area contributed by atoms with Gasteiger partial charge in [0.2, 0.25) is 0 Å². The van der Waals surface area contributed by atoms with Crippen LogP contribution in [0.3, 0.4) is 0 Å². The Morgan fingerprint density at radius 1 is 1.31 bits per heavy atom. The monoisotopic (exact) mass is 473 g/mol. The Kier molecular flexibility index (Phi) is 7.22. The molecule has 0 radical (unpaired) electrons. The third kappa shape index (κ3) is 4.57. The van der Waals surface area contributed by atoms with E-state index in [1.807, 2.05) is 35.8 Å². The Morgan fingerprint density at radius 3 is 2.91 bits per heavy atom. The van der Waals surface area contributed by atoms with E-state index in [4.69, 9.17) is 15.2 Å². The molecule has 2 N–H and O–H groups in total. The topological polar surface area (TPSA) is 105 Å². The molecule has 3 aromatic rings. The molecule has 1 aliphatic heterocycles. The SMILES string of the molecule is CCSSC(C)c1ccccc1C(=O)OC1C[C@H](n2cnc3c(N)ncnc32)O[C@@H]1CC. The van der Waals surface area contributed by atoms with Crippen molar-refractivity contribution < 1.29 is 14.3 Å². The van der Waals surface area contributed by atoms with Crippen LogP contribution in [0.4, 0.5) is 5.82 Å². The predicted molar refractivity (Wildman–Crippen MR) is 128 cm³/mol. The van der Waals surface area contributed by atoms with E-state index in [1.165, 1.54) is 6.33 Å². The molecule has 1 aromatic carbocycles. The van der Waals surface area contributed by atoms with Crippen LogP contribution in [0.5, 0.6) is 0 Å². The van der Waals surface area contributed by atoms with Crippen molar-refractivity contribution in [2.75, 3.05) is 11.5 Å². The van der Waals surface area contributed by atoms with Crippen molar-refractivity contribution in [3.05, 3.63) is 48.0 Å². The van der Waals surface area contributed by atoms with E-state index >= 15 is 0 Å². The second-order valence-corrected chi connectivity index (χ2v) is 10.5. The third-order valence-corrected chi connectivity index (χ3v) is 8.38. The highest BCUT2D eigenvalue weighted by atomic mass is 33.1. The number of ether oxygens (including phenoxy) is 2. The van der Waals surface area contributed by atoms with Crippen LogP contribution in [0.2, 0.25) is 0 Å². The van der Waals surface area contributed by atoms with Crippen molar-refractivity contribution in [1.82, 2.24) is 19.5 Å². The number of fused-ring (bicyclic) bond motifs is 1. The van der Waals surface area contributed by atoms with E-state index in [0.29, 0.717) is 29.0 Å². The summed E-state index contributed by atoms with van der Waals surface area (Å²) < 4.78 is 14.0. The normalized spacial score (nSPS) is 21.7. The molecule has 3 heterocycles. The molecule has 0 saturated carbocycles. The van der Waals surface area contributed by atoms with E-state index < -0.39 is 0 Å². The number of esters is 1. The fourth-order valence-corrected chi connectivity index (χ4v) is 5.88. The Labute approximate surface area is 195 Å². The van der Waals surface area contributed by atoms with Crippen molar-refractivity contribution in [3.8, 4) is 0 Å².